The lowest BCUT2D eigenvalue weighted by atomic mass is 10.1. The molecule has 1 aromatic carbocycles. The van der Waals surface area contributed by atoms with Gasteiger partial charge in [-0.3, -0.25) is 4.90 Å². The van der Waals surface area contributed by atoms with Crippen LogP contribution in [0.4, 0.5) is 4.39 Å². The largest absolute Gasteiger partial charge is 0.395 e. The molecule has 0 fully saturated rings. The lowest BCUT2D eigenvalue weighted by Gasteiger charge is -2.19. The van der Waals surface area contributed by atoms with Gasteiger partial charge < -0.3 is 9.63 Å². The van der Waals surface area contributed by atoms with Crippen LogP contribution in [0.3, 0.4) is 0 Å². The van der Waals surface area contributed by atoms with Crippen LogP contribution in [-0.4, -0.2) is 40.3 Å². The Hall–Kier alpha value is -1.79. The van der Waals surface area contributed by atoms with Crippen molar-refractivity contribution >= 4 is 0 Å². The van der Waals surface area contributed by atoms with E-state index in [2.05, 4.69) is 10.1 Å². The number of nitrogens with zero attached hydrogens (tertiary/aromatic N) is 3. The Kier molecular flexibility index (Phi) is 4.46. The van der Waals surface area contributed by atoms with Crippen LogP contribution in [-0.2, 0) is 0 Å². The van der Waals surface area contributed by atoms with E-state index in [9.17, 15) is 4.39 Å². The quantitative estimate of drug-likeness (QED) is 0.908. The van der Waals surface area contributed by atoms with Gasteiger partial charge in [-0.05, 0) is 44.7 Å². The van der Waals surface area contributed by atoms with Gasteiger partial charge in [-0.2, -0.15) is 4.98 Å². The molecule has 20 heavy (non-hydrogen) atoms. The second-order valence-corrected chi connectivity index (χ2v) is 4.80. The van der Waals surface area contributed by atoms with Gasteiger partial charge >= 0.3 is 0 Å². The maximum absolute atomic E-state index is 13.2. The number of halogens is 1. The number of rotatable bonds is 5. The summed E-state index contributed by atoms with van der Waals surface area (Å²) >= 11 is 0. The molecule has 0 aliphatic carbocycles. The van der Waals surface area contributed by atoms with Gasteiger partial charge in [-0.25, -0.2) is 4.39 Å². The first kappa shape index (κ1) is 14.6. The van der Waals surface area contributed by atoms with Gasteiger partial charge in [0.2, 0.25) is 11.7 Å². The predicted octanol–water partition coefficient (Wildman–Crippen LogP) is 2.17. The molecule has 0 radical (unpaired) electrons. The first-order valence-corrected chi connectivity index (χ1v) is 6.44. The minimum atomic E-state index is -0.256. The minimum absolute atomic E-state index is 0.0684. The van der Waals surface area contributed by atoms with Gasteiger partial charge in [0.05, 0.1) is 12.6 Å². The van der Waals surface area contributed by atoms with E-state index in [-0.39, 0.29) is 18.5 Å². The Bertz CT molecular complexity index is 586. The molecule has 2 aromatic rings. The fourth-order valence-electron chi connectivity index (χ4n) is 1.85. The van der Waals surface area contributed by atoms with Gasteiger partial charge in [0, 0.05) is 12.1 Å². The van der Waals surface area contributed by atoms with E-state index in [0.29, 0.717) is 23.8 Å². The summed E-state index contributed by atoms with van der Waals surface area (Å²) in [5, 5.41) is 12.9. The maximum Gasteiger partial charge on any atom is 0.244 e. The average molecular weight is 279 g/mol. The molecule has 5 nitrogen and oxygen atoms in total. The van der Waals surface area contributed by atoms with Crippen molar-refractivity contribution in [2.45, 2.75) is 19.9 Å². The smallest absolute Gasteiger partial charge is 0.244 e. The summed E-state index contributed by atoms with van der Waals surface area (Å²) in [6.45, 7) is 4.20. The first-order chi connectivity index (χ1) is 9.52. The van der Waals surface area contributed by atoms with Crippen molar-refractivity contribution in [3.8, 4) is 11.4 Å². The van der Waals surface area contributed by atoms with Crippen LogP contribution in [0.5, 0.6) is 0 Å². The summed E-state index contributed by atoms with van der Waals surface area (Å²) in [7, 11) is 1.87. The Morgan fingerprint density at radius 1 is 1.45 bits per heavy atom. The van der Waals surface area contributed by atoms with E-state index in [4.69, 9.17) is 9.63 Å². The van der Waals surface area contributed by atoms with Crippen LogP contribution >= 0.6 is 0 Å². The molecule has 1 heterocycles. The van der Waals surface area contributed by atoms with E-state index in [1.54, 1.807) is 19.1 Å². The second kappa shape index (κ2) is 6.11. The van der Waals surface area contributed by atoms with Crippen molar-refractivity contribution in [2.24, 2.45) is 0 Å². The zero-order valence-corrected chi connectivity index (χ0v) is 11.8. The molecule has 0 spiro atoms. The van der Waals surface area contributed by atoms with Crippen molar-refractivity contribution in [3.63, 3.8) is 0 Å². The Labute approximate surface area is 117 Å². The van der Waals surface area contributed by atoms with Gasteiger partial charge in [-0.15, -0.1) is 0 Å². The minimum Gasteiger partial charge on any atom is -0.395 e. The number of likely N-dealkylation sites (N-methyl/N-ethyl adjacent to an activating group) is 1. The van der Waals surface area contributed by atoms with Crippen LogP contribution in [0.1, 0.15) is 24.4 Å². The standard InChI is InChI=1S/C14H18FN3O2/c1-9-8-11(4-5-12(9)15)13-16-14(20-17-13)10(2)18(3)6-7-19/h4-5,8,10,19H,6-7H2,1-3H3. The van der Waals surface area contributed by atoms with Gasteiger partial charge in [0.1, 0.15) is 5.82 Å². The Morgan fingerprint density at radius 2 is 2.20 bits per heavy atom. The monoisotopic (exact) mass is 279 g/mol. The highest BCUT2D eigenvalue weighted by Crippen LogP contribution is 2.22. The highest BCUT2D eigenvalue weighted by Gasteiger charge is 2.19. The van der Waals surface area contributed by atoms with Crippen molar-refractivity contribution in [1.82, 2.24) is 15.0 Å². The molecule has 0 aliphatic rings. The number of aryl methyl sites for hydroxylation is 1. The fraction of sp³-hybridized carbons (Fsp3) is 0.429. The molecule has 0 aliphatic heterocycles. The fourth-order valence-corrected chi connectivity index (χ4v) is 1.85. The number of benzene rings is 1. The van der Waals surface area contributed by atoms with Crippen molar-refractivity contribution in [3.05, 3.63) is 35.5 Å². The molecular weight excluding hydrogens is 261 g/mol. The predicted molar refractivity (Wildman–Crippen MR) is 72.6 cm³/mol. The summed E-state index contributed by atoms with van der Waals surface area (Å²) in [4.78, 5) is 6.24. The molecule has 6 heteroatoms. The molecule has 1 N–H and O–H groups in total. The molecule has 0 saturated carbocycles. The topological polar surface area (TPSA) is 62.4 Å². The molecule has 2 rings (SSSR count). The van der Waals surface area contributed by atoms with Gasteiger partial charge in [0.15, 0.2) is 0 Å². The van der Waals surface area contributed by atoms with E-state index in [1.807, 2.05) is 18.9 Å². The van der Waals surface area contributed by atoms with Crippen molar-refractivity contribution < 1.29 is 14.0 Å². The van der Waals surface area contributed by atoms with Crippen LogP contribution < -0.4 is 0 Å². The van der Waals surface area contributed by atoms with E-state index in [1.165, 1.54) is 6.07 Å². The highest BCUT2D eigenvalue weighted by atomic mass is 19.1. The van der Waals surface area contributed by atoms with Crippen LogP contribution in [0, 0.1) is 12.7 Å². The molecule has 0 bridgehead atoms. The lowest BCUT2D eigenvalue weighted by molar-refractivity contribution is 0.165. The maximum atomic E-state index is 13.2. The van der Waals surface area contributed by atoms with E-state index < -0.39 is 0 Å². The van der Waals surface area contributed by atoms with Gasteiger partial charge in [0.25, 0.3) is 0 Å². The summed E-state index contributed by atoms with van der Waals surface area (Å²) in [6, 6.07) is 4.61. The number of hydrogen-bond donors (Lipinski definition) is 1. The third-order valence-electron chi connectivity index (χ3n) is 3.33. The summed E-state index contributed by atoms with van der Waals surface area (Å²) in [5.41, 5.74) is 1.26. The third kappa shape index (κ3) is 3.02. The number of aromatic nitrogens is 2. The summed E-state index contributed by atoms with van der Waals surface area (Å²) in [5.74, 6) is 0.652. The van der Waals surface area contributed by atoms with Gasteiger partial charge in [-0.1, -0.05) is 5.16 Å². The van der Waals surface area contributed by atoms with Crippen LogP contribution in [0.15, 0.2) is 22.7 Å². The number of aliphatic hydroxyl groups excluding tert-OH is 1. The Balaban J connectivity index is 2.22. The van der Waals surface area contributed by atoms with E-state index >= 15 is 0 Å². The SMILES string of the molecule is Cc1cc(-c2noc(C(C)N(C)CCO)n2)ccc1F. The van der Waals surface area contributed by atoms with E-state index in [0.717, 1.165) is 5.56 Å². The second-order valence-electron chi connectivity index (χ2n) is 4.80. The van der Waals surface area contributed by atoms with Crippen LogP contribution in [0.25, 0.3) is 11.4 Å². The molecule has 0 amide bonds. The normalized spacial score (nSPS) is 12.9. The number of hydrogen-bond acceptors (Lipinski definition) is 5. The molecular formula is C14H18FN3O2. The summed E-state index contributed by atoms with van der Waals surface area (Å²) < 4.78 is 18.5. The highest BCUT2D eigenvalue weighted by molar-refractivity contribution is 5.55. The Morgan fingerprint density at radius 3 is 2.85 bits per heavy atom. The number of aliphatic hydroxyl groups is 1. The first-order valence-electron chi connectivity index (χ1n) is 6.44. The summed E-state index contributed by atoms with van der Waals surface area (Å²) in [6.07, 6.45) is 0. The third-order valence-corrected chi connectivity index (χ3v) is 3.33. The molecule has 0 saturated heterocycles. The molecule has 108 valence electrons. The molecule has 1 unspecified atom stereocenters. The van der Waals surface area contributed by atoms with Crippen molar-refractivity contribution in [1.29, 1.82) is 0 Å². The molecule has 1 aromatic heterocycles. The zero-order valence-electron chi connectivity index (χ0n) is 11.8. The zero-order chi connectivity index (χ0) is 14.7. The van der Waals surface area contributed by atoms with Crippen LogP contribution in [0.2, 0.25) is 0 Å². The van der Waals surface area contributed by atoms with Crippen molar-refractivity contribution in [2.75, 3.05) is 20.2 Å². The molecule has 1 atom stereocenters. The lowest BCUT2D eigenvalue weighted by Crippen LogP contribution is -2.25. The average Bonchev–Trinajstić information content (AvgIpc) is 2.91.